The molecule has 3 aromatic rings. The molecule has 2 N–H and O–H groups in total. The number of nitrogens with zero attached hydrogens (tertiary/aromatic N) is 2. The molecule has 0 aliphatic carbocycles. The summed E-state index contributed by atoms with van der Waals surface area (Å²) in [5.41, 5.74) is 2.32. The summed E-state index contributed by atoms with van der Waals surface area (Å²) in [6, 6.07) is 10.3. The average molecular weight is 394 g/mol. The first kappa shape index (κ1) is 18.5. The molecule has 0 aliphatic rings. The Morgan fingerprint density at radius 3 is 2.81 bits per heavy atom. The van der Waals surface area contributed by atoms with Crippen molar-refractivity contribution >= 4 is 51.8 Å². The van der Waals surface area contributed by atoms with Crippen molar-refractivity contribution < 1.29 is 14.6 Å². The third kappa shape index (κ3) is 3.62. The number of anilines is 2. The second kappa shape index (κ2) is 7.95. The van der Waals surface area contributed by atoms with Crippen molar-refractivity contribution in [1.82, 2.24) is 9.55 Å². The molecule has 6 nitrogen and oxygen atoms in total. The van der Waals surface area contributed by atoms with Gasteiger partial charge in [-0.25, -0.2) is 9.78 Å². The number of hydrogen-bond acceptors (Lipinski definition) is 5. The van der Waals surface area contributed by atoms with E-state index in [1.807, 2.05) is 10.6 Å². The fraction of sp³-hybridized carbons (Fsp3) is 0.222. The lowest BCUT2D eigenvalue weighted by molar-refractivity contribution is 0.0602. The maximum atomic E-state index is 12.1. The molecule has 8 heteroatoms. The number of benzene rings is 2. The van der Waals surface area contributed by atoms with E-state index in [4.69, 9.17) is 27.9 Å². The Morgan fingerprint density at radius 1 is 1.31 bits per heavy atom. The largest absolute Gasteiger partial charge is 0.465 e. The van der Waals surface area contributed by atoms with E-state index in [-0.39, 0.29) is 6.61 Å². The van der Waals surface area contributed by atoms with Crippen molar-refractivity contribution in [2.24, 2.45) is 0 Å². The maximum Gasteiger partial charge on any atom is 0.340 e. The number of halogens is 2. The molecule has 2 aromatic carbocycles. The van der Waals surface area contributed by atoms with E-state index in [0.29, 0.717) is 51.2 Å². The molecule has 1 aromatic heterocycles. The Hall–Kier alpha value is -2.28. The van der Waals surface area contributed by atoms with E-state index in [9.17, 15) is 9.90 Å². The minimum absolute atomic E-state index is 0.0151. The van der Waals surface area contributed by atoms with Crippen molar-refractivity contribution in [3.8, 4) is 0 Å². The van der Waals surface area contributed by atoms with Crippen LogP contribution in [0, 0.1) is 0 Å². The molecule has 0 aliphatic heterocycles. The van der Waals surface area contributed by atoms with Gasteiger partial charge >= 0.3 is 5.97 Å². The van der Waals surface area contributed by atoms with Crippen LogP contribution in [-0.2, 0) is 11.3 Å². The van der Waals surface area contributed by atoms with Gasteiger partial charge in [0.15, 0.2) is 0 Å². The first-order valence-corrected chi connectivity index (χ1v) is 8.71. The third-order valence-electron chi connectivity index (χ3n) is 3.89. The van der Waals surface area contributed by atoms with Crippen molar-refractivity contribution in [2.75, 3.05) is 19.0 Å². The predicted octanol–water partition coefficient (Wildman–Crippen LogP) is 4.26. The molecule has 0 unspecified atom stereocenters. The van der Waals surface area contributed by atoms with Crippen LogP contribution < -0.4 is 5.32 Å². The van der Waals surface area contributed by atoms with Crippen LogP contribution in [-0.4, -0.2) is 34.3 Å². The number of imidazole rings is 1. The third-order valence-corrected chi connectivity index (χ3v) is 4.44. The number of aliphatic hydroxyl groups is 1. The molecule has 0 saturated carbocycles. The molecule has 0 atom stereocenters. The number of carbonyl (C=O) groups is 1. The quantitative estimate of drug-likeness (QED) is 0.611. The van der Waals surface area contributed by atoms with Gasteiger partial charge in [-0.3, -0.25) is 0 Å². The molecular weight excluding hydrogens is 377 g/mol. The normalized spacial score (nSPS) is 10.9. The highest BCUT2D eigenvalue weighted by Crippen LogP contribution is 2.31. The van der Waals surface area contributed by atoms with Crippen LogP contribution in [0.25, 0.3) is 11.0 Å². The van der Waals surface area contributed by atoms with Gasteiger partial charge < -0.3 is 19.7 Å². The summed E-state index contributed by atoms with van der Waals surface area (Å²) >= 11 is 12.2. The Balaban J connectivity index is 2.13. The summed E-state index contributed by atoms with van der Waals surface area (Å²) < 4.78 is 6.71. The van der Waals surface area contributed by atoms with E-state index < -0.39 is 5.97 Å². The number of hydrogen-bond donors (Lipinski definition) is 2. The van der Waals surface area contributed by atoms with Gasteiger partial charge in [-0.1, -0.05) is 29.3 Å². The fourth-order valence-electron chi connectivity index (χ4n) is 2.71. The zero-order chi connectivity index (χ0) is 18.7. The van der Waals surface area contributed by atoms with Crippen LogP contribution in [0.3, 0.4) is 0 Å². The van der Waals surface area contributed by atoms with Crippen molar-refractivity contribution in [2.45, 2.75) is 13.0 Å². The fourth-order valence-corrected chi connectivity index (χ4v) is 3.17. The molecule has 136 valence electrons. The van der Waals surface area contributed by atoms with Crippen molar-refractivity contribution in [3.05, 3.63) is 52.0 Å². The van der Waals surface area contributed by atoms with Gasteiger partial charge in [-0.2, -0.15) is 0 Å². The number of ether oxygens (including phenoxy) is 1. The second-order valence-electron chi connectivity index (χ2n) is 5.58. The molecule has 0 saturated heterocycles. The number of esters is 1. The van der Waals surface area contributed by atoms with E-state index >= 15 is 0 Å². The highest BCUT2D eigenvalue weighted by Gasteiger charge is 2.19. The summed E-state index contributed by atoms with van der Waals surface area (Å²) in [5.74, 6) is 0.0610. The van der Waals surface area contributed by atoms with Gasteiger partial charge in [-0.15, -0.1) is 0 Å². The second-order valence-corrected chi connectivity index (χ2v) is 6.42. The van der Waals surface area contributed by atoms with Crippen molar-refractivity contribution in [3.63, 3.8) is 0 Å². The van der Waals surface area contributed by atoms with Gasteiger partial charge in [0.25, 0.3) is 0 Å². The molecule has 3 rings (SSSR count). The van der Waals surface area contributed by atoms with Crippen LogP contribution in [0.4, 0.5) is 11.6 Å². The van der Waals surface area contributed by atoms with Gasteiger partial charge in [-0.05, 0) is 36.8 Å². The number of rotatable bonds is 6. The molecule has 0 fully saturated rings. The lowest BCUT2D eigenvalue weighted by Crippen LogP contribution is -2.09. The number of nitrogens with one attached hydrogen (secondary N) is 1. The molecule has 0 spiro atoms. The zero-order valence-electron chi connectivity index (χ0n) is 14.0. The lowest BCUT2D eigenvalue weighted by Gasteiger charge is -2.12. The summed E-state index contributed by atoms with van der Waals surface area (Å²) in [6.07, 6.45) is 0.504. The number of aliphatic hydroxyl groups excluding tert-OH is 1. The van der Waals surface area contributed by atoms with Gasteiger partial charge in [0.1, 0.15) is 0 Å². The Kier molecular flexibility index (Phi) is 5.66. The smallest absolute Gasteiger partial charge is 0.340 e. The Bertz CT molecular complexity index is 956. The lowest BCUT2D eigenvalue weighted by atomic mass is 10.2. The highest BCUT2D eigenvalue weighted by molar-refractivity contribution is 6.36. The predicted molar refractivity (Wildman–Crippen MR) is 103 cm³/mol. The zero-order valence-corrected chi connectivity index (χ0v) is 15.5. The first-order valence-electron chi connectivity index (χ1n) is 7.95. The average Bonchev–Trinajstić information content (AvgIpc) is 2.98. The first-order chi connectivity index (χ1) is 12.5. The summed E-state index contributed by atoms with van der Waals surface area (Å²) in [6.45, 7) is 0.482. The monoisotopic (exact) mass is 393 g/mol. The highest BCUT2D eigenvalue weighted by atomic mass is 35.5. The summed E-state index contributed by atoms with van der Waals surface area (Å²) in [4.78, 5) is 16.7. The van der Waals surface area contributed by atoms with Gasteiger partial charge in [0.05, 0.1) is 34.4 Å². The van der Waals surface area contributed by atoms with E-state index in [1.54, 1.807) is 30.3 Å². The molecule has 0 bridgehead atoms. The number of aromatic nitrogens is 2. The molecule has 0 amide bonds. The Labute approximate surface area is 160 Å². The van der Waals surface area contributed by atoms with E-state index in [2.05, 4.69) is 10.3 Å². The summed E-state index contributed by atoms with van der Waals surface area (Å²) in [7, 11) is 1.34. The topological polar surface area (TPSA) is 76.4 Å². The Morgan fingerprint density at radius 2 is 2.12 bits per heavy atom. The van der Waals surface area contributed by atoms with E-state index in [0.717, 1.165) is 0 Å². The van der Waals surface area contributed by atoms with Gasteiger partial charge in [0.2, 0.25) is 5.95 Å². The van der Waals surface area contributed by atoms with Crippen LogP contribution in [0.5, 0.6) is 0 Å². The van der Waals surface area contributed by atoms with Gasteiger partial charge in [0, 0.05) is 18.2 Å². The number of fused-ring (bicyclic) bond motifs is 1. The van der Waals surface area contributed by atoms with Crippen LogP contribution in [0.2, 0.25) is 10.0 Å². The minimum atomic E-state index is -0.447. The molecule has 26 heavy (non-hydrogen) atoms. The molecule has 1 heterocycles. The van der Waals surface area contributed by atoms with E-state index in [1.165, 1.54) is 7.11 Å². The number of carbonyl (C=O) groups excluding carboxylic acids is 1. The molecule has 0 radical (unpaired) electrons. The SMILES string of the molecule is COC(=O)c1cccc2nc(Nc3ccc(Cl)cc3Cl)n(CCCO)c12. The maximum absolute atomic E-state index is 12.1. The van der Waals surface area contributed by atoms with Crippen molar-refractivity contribution in [1.29, 1.82) is 0 Å². The number of aryl methyl sites for hydroxylation is 1. The van der Waals surface area contributed by atoms with Crippen LogP contribution in [0.15, 0.2) is 36.4 Å². The number of para-hydroxylation sites is 1. The number of methoxy groups -OCH3 is 1. The minimum Gasteiger partial charge on any atom is -0.465 e. The van der Waals surface area contributed by atoms with Crippen LogP contribution in [0.1, 0.15) is 16.8 Å². The molecular formula is C18H17Cl2N3O3. The summed E-state index contributed by atoms with van der Waals surface area (Å²) in [5, 5.41) is 13.4. The standard InChI is InChI=1S/C18H17Cl2N3O3/c1-26-17(25)12-4-2-5-15-16(12)23(8-3-9-24)18(22-15)21-14-7-6-11(19)10-13(14)20/h2,4-7,10,24H,3,8-9H2,1H3,(H,21,22). The van der Waals surface area contributed by atoms with Crippen LogP contribution >= 0.6 is 23.2 Å².